The topological polar surface area (TPSA) is 83.5 Å². The van der Waals surface area contributed by atoms with Gasteiger partial charge in [-0.05, 0) is 6.07 Å². The van der Waals surface area contributed by atoms with Gasteiger partial charge < -0.3 is 5.11 Å². The van der Waals surface area contributed by atoms with Crippen molar-refractivity contribution in [3.8, 4) is 0 Å². The molecule has 0 aromatic heterocycles. The van der Waals surface area contributed by atoms with E-state index in [2.05, 4.69) is 0 Å². The molecule has 0 aliphatic rings. The molecule has 0 radical (unpaired) electrons. The van der Waals surface area contributed by atoms with Crippen LogP contribution in [0.3, 0.4) is 0 Å². The van der Waals surface area contributed by atoms with Gasteiger partial charge in [0.05, 0.1) is 5.56 Å². The van der Waals surface area contributed by atoms with E-state index in [1.54, 1.807) is 17.4 Å². The number of carboxylic acid groups (broad SMARTS) is 1. The molecule has 1 aromatic carbocycles. The molecule has 2 N–H and O–H groups in total. The molecule has 0 fully saturated rings. The van der Waals surface area contributed by atoms with Crippen molar-refractivity contribution >= 4 is 18.3 Å². The molecule has 0 aliphatic carbocycles. The van der Waals surface area contributed by atoms with E-state index in [9.17, 15) is 14.4 Å². The van der Waals surface area contributed by atoms with Crippen LogP contribution in [-0.2, 0) is 0 Å². The number of rotatable bonds is 2. The standard InChI is InChI=1S/C9H7NO4/c11-5-6-3-1-2-4-7(6)8(12)10-9(13)14/h1-5H,(H,10,12)(H,13,14). The number of carbonyl (C=O) groups excluding carboxylic acids is 2. The number of aldehydes is 1. The Hall–Kier alpha value is -2.17. The Morgan fingerprint density at radius 1 is 1.29 bits per heavy atom. The number of amides is 2. The molecule has 0 saturated carbocycles. The van der Waals surface area contributed by atoms with E-state index >= 15 is 0 Å². The molecule has 0 spiro atoms. The summed E-state index contributed by atoms with van der Waals surface area (Å²) in [7, 11) is 0. The largest absolute Gasteiger partial charge is 0.465 e. The van der Waals surface area contributed by atoms with Gasteiger partial charge in [-0.2, -0.15) is 0 Å². The van der Waals surface area contributed by atoms with E-state index in [0.29, 0.717) is 6.29 Å². The van der Waals surface area contributed by atoms with Gasteiger partial charge in [0.2, 0.25) is 0 Å². The predicted molar refractivity (Wildman–Crippen MR) is 47.3 cm³/mol. The minimum atomic E-state index is -1.45. The second-order valence-corrected chi connectivity index (χ2v) is 2.46. The van der Waals surface area contributed by atoms with Crippen molar-refractivity contribution in [2.24, 2.45) is 0 Å². The van der Waals surface area contributed by atoms with Crippen molar-refractivity contribution in [2.45, 2.75) is 0 Å². The minimum absolute atomic E-state index is 0.0462. The summed E-state index contributed by atoms with van der Waals surface area (Å²) in [5.74, 6) is -0.805. The number of hydrogen-bond donors (Lipinski definition) is 2. The zero-order valence-electron chi connectivity index (χ0n) is 7.06. The number of hydrogen-bond acceptors (Lipinski definition) is 3. The third kappa shape index (κ3) is 2.16. The molecule has 2 amide bonds. The second kappa shape index (κ2) is 4.18. The molecule has 0 atom stereocenters. The first-order valence-electron chi connectivity index (χ1n) is 3.73. The molecule has 14 heavy (non-hydrogen) atoms. The molecule has 0 bridgehead atoms. The van der Waals surface area contributed by atoms with Crippen LogP contribution in [0, 0.1) is 0 Å². The molecule has 72 valence electrons. The normalized spacial score (nSPS) is 9.14. The first-order valence-corrected chi connectivity index (χ1v) is 3.73. The fourth-order valence-electron chi connectivity index (χ4n) is 0.971. The van der Waals surface area contributed by atoms with Gasteiger partial charge in [-0.15, -0.1) is 0 Å². The van der Waals surface area contributed by atoms with Crippen molar-refractivity contribution < 1.29 is 19.5 Å². The van der Waals surface area contributed by atoms with Crippen molar-refractivity contribution in [1.29, 1.82) is 0 Å². The molecule has 0 unspecified atom stereocenters. The van der Waals surface area contributed by atoms with Crippen LogP contribution in [0.5, 0.6) is 0 Å². The van der Waals surface area contributed by atoms with Crippen LogP contribution in [0.1, 0.15) is 20.7 Å². The fourth-order valence-corrected chi connectivity index (χ4v) is 0.971. The van der Waals surface area contributed by atoms with Crippen molar-refractivity contribution in [2.75, 3.05) is 0 Å². The molecular weight excluding hydrogens is 186 g/mol. The van der Waals surface area contributed by atoms with E-state index in [0.717, 1.165) is 0 Å². The van der Waals surface area contributed by atoms with Gasteiger partial charge in [0.15, 0.2) is 6.29 Å². The predicted octanol–water partition coefficient (Wildman–Crippen LogP) is 0.907. The minimum Gasteiger partial charge on any atom is -0.465 e. The van der Waals surface area contributed by atoms with Gasteiger partial charge in [-0.25, -0.2) is 4.79 Å². The smallest absolute Gasteiger partial charge is 0.411 e. The second-order valence-electron chi connectivity index (χ2n) is 2.46. The molecular formula is C9H7NO4. The number of benzene rings is 1. The Balaban J connectivity index is 2.99. The van der Waals surface area contributed by atoms with Crippen LogP contribution in [-0.4, -0.2) is 23.4 Å². The highest BCUT2D eigenvalue weighted by Crippen LogP contribution is 2.05. The molecule has 0 heterocycles. The summed E-state index contributed by atoms with van der Waals surface area (Å²) in [5, 5.41) is 9.94. The van der Waals surface area contributed by atoms with E-state index in [1.807, 2.05) is 0 Å². The van der Waals surface area contributed by atoms with Gasteiger partial charge in [-0.1, -0.05) is 18.2 Å². The number of carbonyl (C=O) groups is 3. The lowest BCUT2D eigenvalue weighted by Gasteiger charge is -2.01. The average Bonchev–Trinajstić information content (AvgIpc) is 2.16. The van der Waals surface area contributed by atoms with E-state index in [-0.39, 0.29) is 11.1 Å². The SMILES string of the molecule is O=Cc1ccccc1C(=O)NC(=O)O. The monoisotopic (exact) mass is 193 g/mol. The maximum absolute atomic E-state index is 11.2. The Bertz CT molecular complexity index is 386. The van der Waals surface area contributed by atoms with Crippen molar-refractivity contribution in [3.63, 3.8) is 0 Å². The fraction of sp³-hybridized carbons (Fsp3) is 0. The first kappa shape index (κ1) is 9.91. The molecule has 5 heteroatoms. The van der Waals surface area contributed by atoms with E-state index in [1.165, 1.54) is 12.1 Å². The summed E-state index contributed by atoms with van der Waals surface area (Å²) in [5.41, 5.74) is 0.205. The van der Waals surface area contributed by atoms with Crippen LogP contribution in [0.4, 0.5) is 4.79 Å². The van der Waals surface area contributed by atoms with Gasteiger partial charge in [-0.3, -0.25) is 14.9 Å². The molecule has 5 nitrogen and oxygen atoms in total. The summed E-state index contributed by atoms with van der Waals surface area (Å²) < 4.78 is 0. The summed E-state index contributed by atoms with van der Waals surface area (Å²) in [6, 6.07) is 5.94. The summed E-state index contributed by atoms with van der Waals surface area (Å²) in [4.78, 5) is 31.8. The number of nitrogens with one attached hydrogen (secondary N) is 1. The number of imide groups is 1. The molecule has 0 saturated heterocycles. The lowest BCUT2D eigenvalue weighted by atomic mass is 10.1. The summed E-state index contributed by atoms with van der Waals surface area (Å²) in [6.45, 7) is 0. The summed E-state index contributed by atoms with van der Waals surface area (Å²) in [6.07, 6.45) is -0.952. The summed E-state index contributed by atoms with van der Waals surface area (Å²) >= 11 is 0. The third-order valence-corrected chi connectivity index (χ3v) is 1.55. The highest BCUT2D eigenvalue weighted by Gasteiger charge is 2.11. The lowest BCUT2D eigenvalue weighted by Crippen LogP contribution is -2.29. The molecule has 1 aromatic rings. The average molecular weight is 193 g/mol. The highest BCUT2D eigenvalue weighted by atomic mass is 16.4. The maximum Gasteiger partial charge on any atom is 0.411 e. The maximum atomic E-state index is 11.2. The zero-order valence-corrected chi connectivity index (χ0v) is 7.06. The zero-order chi connectivity index (χ0) is 10.6. The molecule has 1 rings (SSSR count). The quantitative estimate of drug-likeness (QED) is 0.683. The van der Waals surface area contributed by atoms with Crippen molar-refractivity contribution in [3.05, 3.63) is 35.4 Å². The van der Waals surface area contributed by atoms with Crippen LogP contribution >= 0.6 is 0 Å². The van der Waals surface area contributed by atoms with Gasteiger partial charge in [0, 0.05) is 5.56 Å². The van der Waals surface area contributed by atoms with Gasteiger partial charge >= 0.3 is 6.09 Å². The van der Waals surface area contributed by atoms with Crippen LogP contribution in [0.2, 0.25) is 0 Å². The van der Waals surface area contributed by atoms with Crippen LogP contribution < -0.4 is 5.32 Å². The Morgan fingerprint density at radius 2 is 1.93 bits per heavy atom. The highest BCUT2D eigenvalue weighted by molar-refractivity contribution is 6.06. The van der Waals surface area contributed by atoms with Crippen LogP contribution in [0.25, 0.3) is 0 Å². The van der Waals surface area contributed by atoms with Gasteiger partial charge in [0.1, 0.15) is 0 Å². The lowest BCUT2D eigenvalue weighted by molar-refractivity contribution is 0.0942. The Kier molecular flexibility index (Phi) is 2.96. The van der Waals surface area contributed by atoms with E-state index in [4.69, 9.17) is 5.11 Å². The van der Waals surface area contributed by atoms with Crippen molar-refractivity contribution in [1.82, 2.24) is 5.32 Å². The van der Waals surface area contributed by atoms with Gasteiger partial charge in [0.25, 0.3) is 5.91 Å². The Labute approximate surface area is 79.4 Å². The first-order chi connectivity index (χ1) is 6.65. The molecule has 0 aliphatic heterocycles. The Morgan fingerprint density at radius 3 is 2.50 bits per heavy atom. The van der Waals surface area contributed by atoms with Crippen LogP contribution in [0.15, 0.2) is 24.3 Å². The van der Waals surface area contributed by atoms with E-state index < -0.39 is 12.0 Å². The third-order valence-electron chi connectivity index (χ3n) is 1.55.